The Hall–Kier alpha value is -2.36. The van der Waals surface area contributed by atoms with Crippen molar-refractivity contribution in [1.82, 2.24) is 10.3 Å². The number of nitrogens with zero attached hydrogens (tertiary/aromatic N) is 1. The van der Waals surface area contributed by atoms with E-state index in [1.54, 1.807) is 36.5 Å². The minimum Gasteiger partial charge on any atom is -0.439 e. The first-order valence-electron chi connectivity index (χ1n) is 6.76. The number of hydrogen-bond acceptors (Lipinski definition) is 3. The van der Waals surface area contributed by atoms with Gasteiger partial charge in [-0.05, 0) is 30.7 Å². The Morgan fingerprint density at radius 2 is 2.15 bits per heavy atom. The lowest BCUT2D eigenvalue weighted by Crippen LogP contribution is -2.24. The minimum atomic E-state index is -0.0788. The topological polar surface area (TPSA) is 51.2 Å². The lowest BCUT2D eigenvalue weighted by atomic mass is 10.2. The zero-order valence-corrected chi connectivity index (χ0v) is 11.5. The molecule has 0 aliphatic heterocycles. The van der Waals surface area contributed by atoms with E-state index >= 15 is 0 Å². The molecular formula is C16H18N2O2. The molecule has 0 fully saturated rings. The minimum absolute atomic E-state index is 0.0788. The number of carbonyl (C=O) groups excluding carboxylic acids is 1. The van der Waals surface area contributed by atoms with Gasteiger partial charge >= 0.3 is 0 Å². The van der Waals surface area contributed by atoms with E-state index in [9.17, 15) is 4.79 Å². The highest BCUT2D eigenvalue weighted by atomic mass is 16.5. The van der Waals surface area contributed by atoms with Gasteiger partial charge in [0.05, 0.1) is 0 Å². The van der Waals surface area contributed by atoms with Crippen molar-refractivity contribution in [3.8, 4) is 11.6 Å². The average Bonchev–Trinajstić information content (AvgIpc) is 2.49. The van der Waals surface area contributed by atoms with E-state index in [4.69, 9.17) is 4.74 Å². The van der Waals surface area contributed by atoms with Gasteiger partial charge in [0.1, 0.15) is 5.75 Å². The summed E-state index contributed by atoms with van der Waals surface area (Å²) < 4.78 is 5.60. The van der Waals surface area contributed by atoms with Crippen molar-refractivity contribution < 1.29 is 9.53 Å². The van der Waals surface area contributed by atoms with E-state index in [-0.39, 0.29) is 5.91 Å². The van der Waals surface area contributed by atoms with Crippen molar-refractivity contribution in [2.75, 3.05) is 6.54 Å². The van der Waals surface area contributed by atoms with Gasteiger partial charge in [0.2, 0.25) is 5.88 Å². The van der Waals surface area contributed by atoms with Crippen LogP contribution in [0.15, 0.2) is 48.7 Å². The van der Waals surface area contributed by atoms with Crippen LogP contribution in [0.4, 0.5) is 0 Å². The molecule has 0 saturated carbocycles. The van der Waals surface area contributed by atoms with E-state index < -0.39 is 0 Å². The van der Waals surface area contributed by atoms with E-state index in [1.807, 2.05) is 12.1 Å². The fourth-order valence-corrected chi connectivity index (χ4v) is 1.71. The van der Waals surface area contributed by atoms with Crippen molar-refractivity contribution >= 4 is 5.91 Å². The van der Waals surface area contributed by atoms with Gasteiger partial charge in [-0.15, -0.1) is 0 Å². The summed E-state index contributed by atoms with van der Waals surface area (Å²) in [6.45, 7) is 2.79. The molecule has 0 radical (unpaired) electrons. The summed E-state index contributed by atoms with van der Waals surface area (Å²) in [5.41, 5.74) is 0.592. The quantitative estimate of drug-likeness (QED) is 0.818. The number of benzene rings is 1. The molecule has 0 saturated heterocycles. The number of carbonyl (C=O) groups is 1. The summed E-state index contributed by atoms with van der Waals surface area (Å²) >= 11 is 0. The zero-order valence-electron chi connectivity index (χ0n) is 11.5. The molecule has 4 nitrogen and oxygen atoms in total. The number of hydrogen-bond donors (Lipinski definition) is 1. The molecule has 2 aromatic rings. The van der Waals surface area contributed by atoms with Crippen LogP contribution in [0.1, 0.15) is 30.1 Å². The third-order valence-electron chi connectivity index (χ3n) is 2.77. The van der Waals surface area contributed by atoms with E-state index in [2.05, 4.69) is 17.2 Å². The van der Waals surface area contributed by atoms with Crippen molar-refractivity contribution in [2.45, 2.75) is 19.8 Å². The largest absolute Gasteiger partial charge is 0.439 e. The van der Waals surface area contributed by atoms with Crippen molar-refractivity contribution in [3.63, 3.8) is 0 Å². The Morgan fingerprint density at radius 3 is 2.90 bits per heavy atom. The molecule has 0 aliphatic carbocycles. The molecule has 104 valence electrons. The lowest BCUT2D eigenvalue weighted by molar-refractivity contribution is 0.0953. The highest BCUT2D eigenvalue weighted by Crippen LogP contribution is 2.19. The van der Waals surface area contributed by atoms with Crippen LogP contribution in [0.25, 0.3) is 0 Å². The Kier molecular flexibility index (Phi) is 5.12. The van der Waals surface area contributed by atoms with Gasteiger partial charge in [-0.2, -0.15) is 0 Å². The fraction of sp³-hybridized carbons (Fsp3) is 0.250. The van der Waals surface area contributed by atoms with Crippen LogP contribution in [0.3, 0.4) is 0 Å². The standard InChI is InChI=1S/C16H18N2O2/c1-2-3-10-18-16(19)13-7-6-8-14(12-13)20-15-9-4-5-11-17-15/h4-9,11-12H,2-3,10H2,1H3,(H,18,19). The zero-order chi connectivity index (χ0) is 14.2. The number of ether oxygens (including phenoxy) is 1. The first-order valence-corrected chi connectivity index (χ1v) is 6.76. The summed E-state index contributed by atoms with van der Waals surface area (Å²) in [5.74, 6) is 1.04. The summed E-state index contributed by atoms with van der Waals surface area (Å²) in [5, 5.41) is 2.88. The molecule has 0 spiro atoms. The van der Waals surface area contributed by atoms with Crippen LogP contribution in [0.5, 0.6) is 11.6 Å². The maximum atomic E-state index is 11.9. The molecule has 0 unspecified atom stereocenters. The summed E-state index contributed by atoms with van der Waals surface area (Å²) in [6.07, 6.45) is 3.70. The van der Waals surface area contributed by atoms with E-state index in [0.717, 1.165) is 12.8 Å². The first-order chi connectivity index (χ1) is 9.79. The van der Waals surface area contributed by atoms with Crippen LogP contribution in [0.2, 0.25) is 0 Å². The van der Waals surface area contributed by atoms with Gasteiger partial charge in [-0.1, -0.05) is 25.5 Å². The summed E-state index contributed by atoms with van der Waals surface area (Å²) in [7, 11) is 0. The SMILES string of the molecule is CCCCNC(=O)c1cccc(Oc2ccccn2)c1. The summed E-state index contributed by atoms with van der Waals surface area (Å²) in [4.78, 5) is 16.0. The monoisotopic (exact) mass is 270 g/mol. The van der Waals surface area contributed by atoms with Gasteiger partial charge in [-0.3, -0.25) is 4.79 Å². The van der Waals surface area contributed by atoms with Crippen LogP contribution in [0, 0.1) is 0 Å². The van der Waals surface area contributed by atoms with Crippen molar-refractivity contribution in [2.24, 2.45) is 0 Å². The van der Waals surface area contributed by atoms with E-state index in [1.165, 1.54) is 0 Å². The van der Waals surface area contributed by atoms with Crippen molar-refractivity contribution in [3.05, 3.63) is 54.2 Å². The van der Waals surface area contributed by atoms with Gasteiger partial charge in [0, 0.05) is 24.4 Å². The van der Waals surface area contributed by atoms with Crippen molar-refractivity contribution in [1.29, 1.82) is 0 Å². The Morgan fingerprint density at radius 1 is 1.25 bits per heavy atom. The number of rotatable bonds is 6. The van der Waals surface area contributed by atoms with Crippen LogP contribution >= 0.6 is 0 Å². The highest BCUT2D eigenvalue weighted by Gasteiger charge is 2.06. The van der Waals surface area contributed by atoms with Gasteiger partial charge in [0.15, 0.2) is 0 Å². The number of amides is 1. The molecule has 4 heteroatoms. The van der Waals surface area contributed by atoms with Crippen LogP contribution in [-0.2, 0) is 0 Å². The molecule has 1 amide bonds. The molecule has 0 atom stereocenters. The maximum absolute atomic E-state index is 11.9. The molecular weight excluding hydrogens is 252 g/mol. The van der Waals surface area contributed by atoms with Crippen LogP contribution in [-0.4, -0.2) is 17.4 Å². The number of pyridine rings is 1. The second-order valence-electron chi connectivity index (χ2n) is 4.41. The van der Waals surface area contributed by atoms with Gasteiger partial charge < -0.3 is 10.1 Å². The predicted molar refractivity (Wildman–Crippen MR) is 78.0 cm³/mol. The second kappa shape index (κ2) is 7.28. The summed E-state index contributed by atoms with van der Waals surface area (Å²) in [6, 6.07) is 12.5. The molecule has 0 bridgehead atoms. The Bertz CT molecular complexity index is 555. The smallest absolute Gasteiger partial charge is 0.251 e. The molecule has 1 N–H and O–H groups in total. The normalized spacial score (nSPS) is 10.1. The maximum Gasteiger partial charge on any atom is 0.251 e. The van der Waals surface area contributed by atoms with Gasteiger partial charge in [-0.25, -0.2) is 4.98 Å². The molecule has 1 aromatic carbocycles. The second-order valence-corrected chi connectivity index (χ2v) is 4.41. The van der Waals surface area contributed by atoms with Gasteiger partial charge in [0.25, 0.3) is 5.91 Å². The third-order valence-corrected chi connectivity index (χ3v) is 2.77. The number of aromatic nitrogens is 1. The molecule has 0 aliphatic rings. The highest BCUT2D eigenvalue weighted by molar-refractivity contribution is 5.94. The average molecular weight is 270 g/mol. The predicted octanol–water partition coefficient (Wildman–Crippen LogP) is 3.40. The van der Waals surface area contributed by atoms with E-state index in [0.29, 0.717) is 23.7 Å². The molecule has 20 heavy (non-hydrogen) atoms. The third kappa shape index (κ3) is 4.09. The fourth-order valence-electron chi connectivity index (χ4n) is 1.71. The van der Waals surface area contributed by atoms with Crippen LogP contribution < -0.4 is 10.1 Å². The number of nitrogens with one attached hydrogen (secondary N) is 1. The number of unbranched alkanes of at least 4 members (excludes halogenated alkanes) is 1. The molecule has 1 heterocycles. The lowest BCUT2D eigenvalue weighted by Gasteiger charge is -2.07. The first kappa shape index (κ1) is 14.1. The Labute approximate surface area is 118 Å². The Balaban J connectivity index is 2.02. The molecule has 1 aromatic heterocycles. The molecule has 2 rings (SSSR count).